The maximum atomic E-state index is 12.1. The van der Waals surface area contributed by atoms with Crippen molar-refractivity contribution in [2.45, 2.75) is 31.7 Å². The number of nitrogens with one attached hydrogen (secondary N) is 1. The number of rotatable bonds is 5. The van der Waals surface area contributed by atoms with E-state index >= 15 is 0 Å². The quantitative estimate of drug-likeness (QED) is 0.851. The van der Waals surface area contributed by atoms with Crippen LogP contribution in [0.25, 0.3) is 0 Å². The van der Waals surface area contributed by atoms with Crippen molar-refractivity contribution in [3.05, 3.63) is 29.3 Å². The van der Waals surface area contributed by atoms with Gasteiger partial charge in [0.25, 0.3) is 5.91 Å². The molecular formula is C14H19NO5S. The Morgan fingerprint density at radius 3 is 2.29 bits per heavy atom. The van der Waals surface area contributed by atoms with Crippen molar-refractivity contribution in [1.29, 1.82) is 0 Å². The lowest BCUT2D eigenvalue weighted by atomic mass is 10.0. The molecule has 116 valence electrons. The zero-order chi connectivity index (χ0) is 16.4. The molecule has 0 heterocycles. The standard InChI is InChI=1S/C14H19NO5S/c1-8-5-6-11(7-12(8)21(4,19)20)13(16)15-10(3)9(2)14(17)18/h5-7,9-10H,1-4H3,(H,15,16)(H,17,18). The molecule has 0 fully saturated rings. The summed E-state index contributed by atoms with van der Waals surface area (Å²) in [7, 11) is -3.42. The van der Waals surface area contributed by atoms with E-state index in [-0.39, 0.29) is 10.5 Å². The zero-order valence-electron chi connectivity index (χ0n) is 12.4. The molecule has 0 aliphatic heterocycles. The Hall–Kier alpha value is -1.89. The third-order valence-corrected chi connectivity index (χ3v) is 4.59. The van der Waals surface area contributed by atoms with Gasteiger partial charge in [0.05, 0.1) is 10.8 Å². The van der Waals surface area contributed by atoms with E-state index in [9.17, 15) is 18.0 Å². The van der Waals surface area contributed by atoms with Gasteiger partial charge in [0, 0.05) is 17.9 Å². The second kappa shape index (κ2) is 6.26. The van der Waals surface area contributed by atoms with E-state index in [0.717, 1.165) is 6.26 Å². The van der Waals surface area contributed by atoms with Gasteiger partial charge in [0.15, 0.2) is 9.84 Å². The highest BCUT2D eigenvalue weighted by atomic mass is 32.2. The van der Waals surface area contributed by atoms with Crippen LogP contribution in [-0.2, 0) is 14.6 Å². The van der Waals surface area contributed by atoms with Crippen molar-refractivity contribution in [1.82, 2.24) is 5.32 Å². The fourth-order valence-electron chi connectivity index (χ4n) is 1.77. The van der Waals surface area contributed by atoms with Gasteiger partial charge in [0.2, 0.25) is 0 Å². The lowest BCUT2D eigenvalue weighted by Crippen LogP contribution is -2.40. The van der Waals surface area contributed by atoms with Gasteiger partial charge >= 0.3 is 5.97 Å². The number of hydrogen-bond donors (Lipinski definition) is 2. The molecule has 0 aliphatic carbocycles. The number of sulfone groups is 1. The molecule has 7 heteroatoms. The summed E-state index contributed by atoms with van der Waals surface area (Å²) < 4.78 is 23.3. The van der Waals surface area contributed by atoms with Crippen molar-refractivity contribution in [3.63, 3.8) is 0 Å². The lowest BCUT2D eigenvalue weighted by Gasteiger charge is -2.18. The minimum atomic E-state index is -3.42. The third-order valence-electron chi connectivity index (χ3n) is 3.35. The van der Waals surface area contributed by atoms with E-state index in [0.29, 0.717) is 5.56 Å². The van der Waals surface area contributed by atoms with E-state index < -0.39 is 33.7 Å². The molecule has 0 bridgehead atoms. The summed E-state index contributed by atoms with van der Waals surface area (Å²) >= 11 is 0. The molecule has 1 rings (SSSR count). The van der Waals surface area contributed by atoms with Crippen LogP contribution in [-0.4, -0.2) is 37.7 Å². The van der Waals surface area contributed by atoms with Crippen LogP contribution in [0.4, 0.5) is 0 Å². The highest BCUT2D eigenvalue weighted by molar-refractivity contribution is 7.90. The van der Waals surface area contributed by atoms with Crippen LogP contribution in [0, 0.1) is 12.8 Å². The van der Waals surface area contributed by atoms with E-state index in [1.807, 2.05) is 0 Å². The number of carbonyl (C=O) groups is 2. The monoisotopic (exact) mass is 313 g/mol. The molecule has 0 radical (unpaired) electrons. The normalized spacial score (nSPS) is 14.3. The molecule has 21 heavy (non-hydrogen) atoms. The van der Waals surface area contributed by atoms with Crippen LogP contribution >= 0.6 is 0 Å². The van der Waals surface area contributed by atoms with Gasteiger partial charge in [-0.2, -0.15) is 0 Å². The van der Waals surface area contributed by atoms with Crippen LogP contribution < -0.4 is 5.32 Å². The number of aliphatic carboxylic acids is 1. The fourth-order valence-corrected chi connectivity index (χ4v) is 2.76. The molecule has 1 aromatic rings. The third kappa shape index (κ3) is 4.29. The fraction of sp³-hybridized carbons (Fsp3) is 0.429. The molecular weight excluding hydrogens is 294 g/mol. The second-order valence-electron chi connectivity index (χ2n) is 5.14. The number of carboxylic acid groups (broad SMARTS) is 1. The minimum absolute atomic E-state index is 0.0917. The minimum Gasteiger partial charge on any atom is -0.481 e. The molecule has 0 spiro atoms. The number of hydrogen-bond acceptors (Lipinski definition) is 4. The summed E-state index contributed by atoms with van der Waals surface area (Å²) in [5, 5.41) is 11.5. The summed E-state index contributed by atoms with van der Waals surface area (Å²) in [5.41, 5.74) is 0.742. The van der Waals surface area contributed by atoms with Crippen molar-refractivity contribution >= 4 is 21.7 Å². The lowest BCUT2D eigenvalue weighted by molar-refractivity contribution is -0.141. The first-order chi connectivity index (χ1) is 9.54. The van der Waals surface area contributed by atoms with Crippen molar-refractivity contribution in [3.8, 4) is 0 Å². The van der Waals surface area contributed by atoms with Gasteiger partial charge < -0.3 is 10.4 Å². The largest absolute Gasteiger partial charge is 0.481 e. The molecule has 2 N–H and O–H groups in total. The van der Waals surface area contributed by atoms with Crippen molar-refractivity contribution in [2.24, 2.45) is 5.92 Å². The zero-order valence-corrected chi connectivity index (χ0v) is 13.2. The van der Waals surface area contributed by atoms with Gasteiger partial charge in [-0.15, -0.1) is 0 Å². The first-order valence-electron chi connectivity index (χ1n) is 6.38. The van der Waals surface area contributed by atoms with Crippen LogP contribution in [0.15, 0.2) is 23.1 Å². The van der Waals surface area contributed by atoms with E-state index in [4.69, 9.17) is 5.11 Å². The average molecular weight is 313 g/mol. The summed E-state index contributed by atoms with van der Waals surface area (Å²) in [6, 6.07) is 3.80. The number of amides is 1. The molecule has 0 aromatic heterocycles. The molecule has 0 saturated heterocycles. The van der Waals surface area contributed by atoms with Crippen molar-refractivity contribution < 1.29 is 23.1 Å². The summed E-state index contributed by atoms with van der Waals surface area (Å²) in [6.07, 6.45) is 1.08. The van der Waals surface area contributed by atoms with Crippen LogP contribution in [0.1, 0.15) is 29.8 Å². The van der Waals surface area contributed by atoms with Crippen LogP contribution in [0.3, 0.4) is 0 Å². The summed E-state index contributed by atoms with van der Waals surface area (Å²) in [6.45, 7) is 4.72. The van der Waals surface area contributed by atoms with Gasteiger partial charge in [-0.25, -0.2) is 8.42 Å². The predicted octanol–water partition coefficient (Wildman–Crippen LogP) is 1.24. The molecule has 1 aromatic carbocycles. The molecule has 0 aliphatic rings. The van der Waals surface area contributed by atoms with Crippen LogP contribution in [0.5, 0.6) is 0 Å². The number of benzene rings is 1. The molecule has 2 unspecified atom stereocenters. The Bertz CT molecular complexity index is 666. The van der Waals surface area contributed by atoms with Crippen molar-refractivity contribution in [2.75, 3.05) is 6.26 Å². The van der Waals surface area contributed by atoms with Gasteiger partial charge in [-0.1, -0.05) is 6.07 Å². The Morgan fingerprint density at radius 1 is 1.24 bits per heavy atom. The predicted molar refractivity (Wildman–Crippen MR) is 78.0 cm³/mol. The Balaban J connectivity index is 3.02. The number of carbonyl (C=O) groups excluding carboxylic acids is 1. The maximum Gasteiger partial charge on any atom is 0.308 e. The Morgan fingerprint density at radius 2 is 1.81 bits per heavy atom. The maximum absolute atomic E-state index is 12.1. The van der Waals surface area contributed by atoms with E-state index in [1.165, 1.54) is 19.1 Å². The van der Waals surface area contributed by atoms with Gasteiger partial charge in [-0.05, 0) is 38.5 Å². The average Bonchev–Trinajstić information content (AvgIpc) is 2.36. The highest BCUT2D eigenvalue weighted by Gasteiger charge is 2.22. The van der Waals surface area contributed by atoms with Gasteiger partial charge in [0.1, 0.15) is 0 Å². The van der Waals surface area contributed by atoms with E-state index in [2.05, 4.69) is 5.32 Å². The number of aryl methyl sites for hydroxylation is 1. The smallest absolute Gasteiger partial charge is 0.308 e. The second-order valence-corrected chi connectivity index (χ2v) is 7.13. The van der Waals surface area contributed by atoms with Gasteiger partial charge in [-0.3, -0.25) is 9.59 Å². The number of carboxylic acids is 1. The Labute approximate surface area is 124 Å². The first-order valence-corrected chi connectivity index (χ1v) is 8.27. The van der Waals surface area contributed by atoms with Crippen LogP contribution in [0.2, 0.25) is 0 Å². The SMILES string of the molecule is Cc1ccc(C(=O)NC(C)C(C)C(=O)O)cc1S(C)(=O)=O. The molecule has 1 amide bonds. The summed E-state index contributed by atoms with van der Waals surface area (Å²) in [5.74, 6) is -2.25. The topological polar surface area (TPSA) is 101 Å². The molecule has 0 saturated carbocycles. The Kier molecular flexibility index (Phi) is 5.11. The van der Waals surface area contributed by atoms with E-state index in [1.54, 1.807) is 19.9 Å². The summed E-state index contributed by atoms with van der Waals surface area (Å²) in [4.78, 5) is 23.0. The molecule has 6 nitrogen and oxygen atoms in total. The first kappa shape index (κ1) is 17.2. The highest BCUT2D eigenvalue weighted by Crippen LogP contribution is 2.17. The molecule has 2 atom stereocenters.